The molecule has 1 fully saturated rings. The lowest BCUT2D eigenvalue weighted by Gasteiger charge is -2.19. The number of hydrogen-bond donors (Lipinski definition) is 4. The Kier molecular flexibility index (Phi) is 6.45. The predicted molar refractivity (Wildman–Crippen MR) is 85.8 cm³/mol. The van der Waals surface area contributed by atoms with E-state index in [1.807, 2.05) is 0 Å². The molecule has 5 N–H and O–H groups in total. The second kappa shape index (κ2) is 8.21. The zero-order valence-electron chi connectivity index (χ0n) is 13.4. The topological polar surface area (TPSA) is 196 Å². The molecule has 0 saturated carbocycles. The normalized spacial score (nSPS) is 25.1. The maximum Gasteiger partial charge on any atom is 0.543 e. The van der Waals surface area contributed by atoms with Crippen molar-refractivity contribution in [2.75, 3.05) is 6.61 Å². The average Bonchev–Trinajstić information content (AvgIpc) is 2.89. The van der Waals surface area contributed by atoms with Crippen LogP contribution < -0.4 is 17.0 Å². The summed E-state index contributed by atoms with van der Waals surface area (Å²) in [5, 5.41) is 17.0. The number of aryl methyl sites for hydroxylation is 1. The highest BCUT2D eigenvalue weighted by atomic mass is 31.2. The van der Waals surface area contributed by atoms with Crippen molar-refractivity contribution in [3.8, 4) is 0 Å². The standard InChI is InChI=1S/C11H16N4O9P2/c1-5-3-15(11(18)14-9(5)17)8-2-6(16)7(22-8)4-21-26(20,24-25-19)23-10(12)13/h3,6-8,16H,2,4H2,1H3,(H3,12,13)(H,14,17,18)/t6-,7+,8+,26?/m0/s1. The van der Waals surface area contributed by atoms with Crippen LogP contribution in [0, 0.1) is 12.3 Å². The quantitative estimate of drug-likeness (QED) is 0.264. The van der Waals surface area contributed by atoms with Crippen LogP contribution in [0.2, 0.25) is 0 Å². The van der Waals surface area contributed by atoms with Crippen LogP contribution in [0.4, 0.5) is 0 Å². The van der Waals surface area contributed by atoms with E-state index in [0.29, 0.717) is 0 Å². The summed E-state index contributed by atoms with van der Waals surface area (Å²) in [6, 6.07) is -0.988. The van der Waals surface area contributed by atoms with Gasteiger partial charge in [-0.2, -0.15) is 4.31 Å². The smallest absolute Gasteiger partial charge is 0.390 e. The molecule has 0 amide bonds. The van der Waals surface area contributed by atoms with Gasteiger partial charge in [-0.25, -0.2) is 13.9 Å². The Bertz CT molecular complexity index is 853. The minimum absolute atomic E-state index is 0.0159. The third-order valence-corrected chi connectivity index (χ3v) is 5.35. The van der Waals surface area contributed by atoms with Gasteiger partial charge in [-0.1, -0.05) is 0 Å². The van der Waals surface area contributed by atoms with E-state index in [2.05, 4.69) is 13.8 Å². The fourth-order valence-electron chi connectivity index (χ4n) is 2.23. The first kappa shape index (κ1) is 20.4. The summed E-state index contributed by atoms with van der Waals surface area (Å²) in [6.07, 6.45) is -1.80. The molecule has 15 heteroatoms. The highest BCUT2D eigenvalue weighted by Crippen LogP contribution is 2.52. The lowest BCUT2D eigenvalue weighted by atomic mass is 10.2. The minimum atomic E-state index is -4.45. The van der Waals surface area contributed by atoms with Crippen molar-refractivity contribution < 1.29 is 32.3 Å². The Morgan fingerprint density at radius 3 is 2.92 bits per heavy atom. The number of H-pyrrole nitrogens is 1. The number of amidine groups is 1. The molecule has 1 unspecified atom stereocenters. The van der Waals surface area contributed by atoms with Gasteiger partial charge in [-0.05, 0) is 6.92 Å². The number of rotatable bonds is 7. The largest absolute Gasteiger partial charge is 0.543 e. The van der Waals surface area contributed by atoms with Gasteiger partial charge in [0.25, 0.3) is 11.6 Å². The van der Waals surface area contributed by atoms with Crippen molar-refractivity contribution in [1.29, 1.82) is 5.41 Å². The highest BCUT2D eigenvalue weighted by Gasteiger charge is 2.39. The molecule has 1 aromatic rings. The molecule has 0 aliphatic carbocycles. The summed E-state index contributed by atoms with van der Waals surface area (Å²) in [5.41, 5.74) is 3.94. The third-order valence-electron chi connectivity index (χ3n) is 3.40. The lowest BCUT2D eigenvalue weighted by Crippen LogP contribution is -2.33. The van der Waals surface area contributed by atoms with Crippen molar-refractivity contribution in [2.24, 2.45) is 5.73 Å². The molecule has 0 bridgehead atoms. The summed E-state index contributed by atoms with van der Waals surface area (Å²) in [7, 11) is -5.49. The van der Waals surface area contributed by atoms with Crippen LogP contribution in [-0.2, 0) is 27.2 Å². The Labute approximate surface area is 147 Å². The predicted octanol–water partition coefficient (Wildman–Crippen LogP) is -0.249. The number of ether oxygens (including phenoxy) is 1. The number of phosphoric acid groups is 1. The van der Waals surface area contributed by atoms with Gasteiger partial charge in [0.1, 0.15) is 12.3 Å². The van der Waals surface area contributed by atoms with Gasteiger partial charge in [0.2, 0.25) is 0 Å². The van der Waals surface area contributed by atoms with Crippen molar-refractivity contribution in [3.05, 3.63) is 32.6 Å². The van der Waals surface area contributed by atoms with Gasteiger partial charge >= 0.3 is 22.2 Å². The van der Waals surface area contributed by atoms with Crippen molar-refractivity contribution >= 4 is 22.5 Å². The van der Waals surface area contributed by atoms with Crippen molar-refractivity contribution in [2.45, 2.75) is 31.8 Å². The second-order valence-corrected chi connectivity index (χ2v) is 7.40. The van der Waals surface area contributed by atoms with Crippen LogP contribution in [0.3, 0.4) is 0 Å². The van der Waals surface area contributed by atoms with Gasteiger partial charge < -0.3 is 20.1 Å². The van der Waals surface area contributed by atoms with Gasteiger partial charge in [-0.15, -0.1) is 0 Å². The highest BCUT2D eigenvalue weighted by molar-refractivity contribution is 7.54. The monoisotopic (exact) mass is 410 g/mol. The number of aromatic nitrogens is 2. The molecule has 1 aliphatic rings. The first-order chi connectivity index (χ1) is 12.1. The first-order valence-electron chi connectivity index (χ1n) is 7.10. The first-order valence-corrected chi connectivity index (χ1v) is 9.29. The number of aromatic amines is 1. The van der Waals surface area contributed by atoms with E-state index < -0.39 is 58.8 Å². The molecule has 2 heterocycles. The summed E-state index contributed by atoms with van der Waals surface area (Å²) in [5.74, 6) is 0. The maximum absolute atomic E-state index is 12.0. The molecule has 1 aliphatic heterocycles. The fraction of sp³-hybridized carbons (Fsp3) is 0.545. The molecule has 4 atom stereocenters. The average molecular weight is 410 g/mol. The number of phosphoric ester groups is 1. The van der Waals surface area contributed by atoms with Crippen LogP contribution in [0.25, 0.3) is 0 Å². The zero-order valence-corrected chi connectivity index (χ0v) is 15.1. The van der Waals surface area contributed by atoms with E-state index in [1.165, 1.54) is 13.1 Å². The Balaban J connectivity index is 2.09. The van der Waals surface area contributed by atoms with Gasteiger partial charge in [0.15, 0.2) is 0 Å². The molecular formula is C11H16N4O9P2. The SMILES string of the molecule is Cc1cn([C@H]2C[C@H](O)[C@@H](COP(=O)(OP=O)OC(=N)N)O2)c(=O)[nH]c1=O. The van der Waals surface area contributed by atoms with E-state index in [1.54, 1.807) is 0 Å². The van der Waals surface area contributed by atoms with Crippen molar-refractivity contribution in [3.63, 3.8) is 0 Å². The summed E-state index contributed by atoms with van der Waals surface area (Å²) in [4.78, 5) is 25.4. The summed E-state index contributed by atoms with van der Waals surface area (Å²) < 4.78 is 42.6. The fourth-order valence-corrected chi connectivity index (χ4v) is 3.50. The van der Waals surface area contributed by atoms with E-state index in [9.17, 15) is 23.8 Å². The second-order valence-electron chi connectivity index (χ2n) is 5.27. The van der Waals surface area contributed by atoms with E-state index in [-0.39, 0.29) is 12.0 Å². The number of hydrogen-bond acceptors (Lipinski definition) is 10. The number of aliphatic hydroxyl groups excluding tert-OH is 1. The lowest BCUT2D eigenvalue weighted by molar-refractivity contribution is -0.0444. The van der Waals surface area contributed by atoms with Crippen LogP contribution in [0.5, 0.6) is 0 Å². The molecule has 1 aromatic heterocycles. The number of nitrogens with zero attached hydrogens (tertiary/aromatic N) is 1. The Hall–Kier alpha value is -1.88. The van der Waals surface area contributed by atoms with Crippen LogP contribution in [0.15, 0.2) is 15.8 Å². The van der Waals surface area contributed by atoms with Crippen LogP contribution in [0.1, 0.15) is 18.2 Å². The van der Waals surface area contributed by atoms with Crippen LogP contribution in [-0.4, -0.2) is 39.5 Å². The summed E-state index contributed by atoms with van der Waals surface area (Å²) in [6.45, 7) is 0.963. The van der Waals surface area contributed by atoms with E-state index >= 15 is 0 Å². The molecule has 0 spiro atoms. The molecule has 0 aromatic carbocycles. The molecule has 0 radical (unpaired) electrons. The molecule has 26 heavy (non-hydrogen) atoms. The van der Waals surface area contributed by atoms with Gasteiger partial charge in [0.05, 0.1) is 12.7 Å². The number of nitrogens with two attached hydrogens (primary N) is 1. The van der Waals surface area contributed by atoms with Crippen LogP contribution >= 0.6 is 16.5 Å². The van der Waals surface area contributed by atoms with Gasteiger partial charge in [0, 0.05) is 18.2 Å². The Morgan fingerprint density at radius 2 is 2.31 bits per heavy atom. The third kappa shape index (κ3) is 4.85. The zero-order chi connectivity index (χ0) is 19.5. The molecule has 13 nitrogen and oxygen atoms in total. The maximum atomic E-state index is 12.0. The minimum Gasteiger partial charge on any atom is -0.390 e. The summed E-state index contributed by atoms with van der Waals surface area (Å²) >= 11 is 0. The molecule has 2 rings (SSSR count). The molecule has 144 valence electrons. The number of nitrogens with one attached hydrogen (secondary N) is 2. The Morgan fingerprint density at radius 1 is 1.62 bits per heavy atom. The molecule has 1 saturated heterocycles. The van der Waals surface area contributed by atoms with E-state index in [4.69, 9.17) is 20.4 Å². The van der Waals surface area contributed by atoms with Crippen molar-refractivity contribution in [1.82, 2.24) is 9.55 Å². The van der Waals surface area contributed by atoms with Gasteiger partial charge in [-0.3, -0.25) is 24.3 Å². The molecular weight excluding hydrogens is 394 g/mol. The van der Waals surface area contributed by atoms with E-state index in [0.717, 1.165) is 4.57 Å². The number of aliphatic hydroxyl groups is 1.